The van der Waals surface area contributed by atoms with Gasteiger partial charge in [-0.05, 0) is 48.5 Å². The van der Waals surface area contributed by atoms with Crippen molar-refractivity contribution in [3.05, 3.63) is 84.8 Å². The Balaban J connectivity index is 1.61. The van der Waals surface area contributed by atoms with Crippen LogP contribution < -0.4 is 0 Å². The Kier molecular flexibility index (Phi) is 3.51. The zero-order valence-corrected chi connectivity index (χ0v) is 12.5. The number of hydrogen-bond donors (Lipinski definition) is 0. The van der Waals surface area contributed by atoms with Crippen LogP contribution in [0.3, 0.4) is 0 Å². The molecule has 0 radical (unpaired) electrons. The lowest BCUT2D eigenvalue weighted by Crippen LogP contribution is -1.96. The average molecular weight is 316 g/mol. The molecule has 0 saturated heterocycles. The van der Waals surface area contributed by atoms with Gasteiger partial charge in [-0.1, -0.05) is 0 Å². The summed E-state index contributed by atoms with van der Waals surface area (Å²) in [6.45, 7) is 0. The van der Waals surface area contributed by atoms with Gasteiger partial charge in [0.2, 0.25) is 0 Å². The van der Waals surface area contributed by atoms with Crippen LogP contribution in [-0.4, -0.2) is 15.8 Å². The largest absolute Gasteiger partial charge is 0.452 e. The molecule has 0 unspecified atom stereocenters. The summed E-state index contributed by atoms with van der Waals surface area (Å²) in [5, 5.41) is 0. The third kappa shape index (κ3) is 2.63. The van der Waals surface area contributed by atoms with E-state index in [1.807, 2.05) is 24.3 Å². The molecule has 0 aliphatic rings. The Bertz CT molecular complexity index is 892. The Morgan fingerprint density at radius 3 is 1.46 bits per heavy atom. The van der Waals surface area contributed by atoms with Gasteiger partial charge in [0.1, 0.15) is 11.5 Å². The minimum Gasteiger partial charge on any atom is -0.452 e. The Morgan fingerprint density at radius 2 is 1.04 bits per heavy atom. The SMILES string of the molecule is O=C(c1ccc(-c2ccncc2)o1)c1ccc(-c2ccncc2)o1. The molecule has 0 fully saturated rings. The number of rotatable bonds is 4. The first-order valence-corrected chi connectivity index (χ1v) is 7.36. The standard InChI is InChI=1S/C19H12N2O3/c22-19(17-3-1-15(23-17)13-5-9-20-10-6-13)18-4-2-16(24-18)14-7-11-21-12-8-14/h1-12H. The molecule has 5 nitrogen and oxygen atoms in total. The molecule has 4 rings (SSSR count). The third-order valence-electron chi connectivity index (χ3n) is 3.59. The molecule has 4 heterocycles. The average Bonchev–Trinajstić information content (AvgIpc) is 3.33. The first kappa shape index (κ1) is 14.1. The van der Waals surface area contributed by atoms with Crippen molar-refractivity contribution in [3.8, 4) is 22.6 Å². The number of ketones is 1. The summed E-state index contributed by atoms with van der Waals surface area (Å²) in [6.07, 6.45) is 6.69. The monoisotopic (exact) mass is 316 g/mol. The number of aromatic nitrogens is 2. The quantitative estimate of drug-likeness (QED) is 0.527. The number of nitrogens with zero attached hydrogens (tertiary/aromatic N) is 2. The van der Waals surface area contributed by atoms with E-state index in [1.165, 1.54) is 0 Å². The molecule has 0 saturated carbocycles. The van der Waals surface area contributed by atoms with E-state index in [4.69, 9.17) is 8.83 Å². The summed E-state index contributed by atoms with van der Waals surface area (Å²) in [6, 6.07) is 14.1. The van der Waals surface area contributed by atoms with Crippen LogP contribution >= 0.6 is 0 Å². The zero-order chi connectivity index (χ0) is 16.4. The van der Waals surface area contributed by atoms with Crippen LogP contribution in [0, 0.1) is 0 Å². The highest BCUT2D eigenvalue weighted by atomic mass is 16.4. The third-order valence-corrected chi connectivity index (χ3v) is 3.59. The first-order valence-electron chi connectivity index (χ1n) is 7.36. The number of pyridine rings is 2. The van der Waals surface area contributed by atoms with E-state index in [9.17, 15) is 4.79 Å². The van der Waals surface area contributed by atoms with Gasteiger partial charge in [0, 0.05) is 35.9 Å². The van der Waals surface area contributed by atoms with Crippen molar-refractivity contribution in [2.75, 3.05) is 0 Å². The highest BCUT2D eigenvalue weighted by Gasteiger charge is 2.18. The molecule has 0 bridgehead atoms. The summed E-state index contributed by atoms with van der Waals surface area (Å²) in [7, 11) is 0. The van der Waals surface area contributed by atoms with Gasteiger partial charge in [-0.3, -0.25) is 14.8 Å². The Hall–Kier alpha value is -3.47. The maximum atomic E-state index is 12.5. The molecular weight excluding hydrogens is 304 g/mol. The fraction of sp³-hybridized carbons (Fsp3) is 0. The van der Waals surface area contributed by atoms with Crippen molar-refractivity contribution >= 4 is 5.78 Å². The van der Waals surface area contributed by atoms with Crippen LogP contribution in [0.25, 0.3) is 22.6 Å². The maximum Gasteiger partial charge on any atom is 0.263 e. The fourth-order valence-corrected chi connectivity index (χ4v) is 2.38. The normalized spacial score (nSPS) is 10.7. The van der Waals surface area contributed by atoms with Gasteiger partial charge in [0.15, 0.2) is 11.5 Å². The molecule has 0 aromatic carbocycles. The van der Waals surface area contributed by atoms with Crippen LogP contribution in [0.4, 0.5) is 0 Å². The van der Waals surface area contributed by atoms with Crippen molar-refractivity contribution in [2.45, 2.75) is 0 Å². The molecule has 0 amide bonds. The van der Waals surface area contributed by atoms with Gasteiger partial charge in [-0.2, -0.15) is 0 Å². The van der Waals surface area contributed by atoms with E-state index in [-0.39, 0.29) is 17.3 Å². The number of carbonyl (C=O) groups is 1. The molecule has 0 N–H and O–H groups in total. The zero-order valence-electron chi connectivity index (χ0n) is 12.5. The lowest BCUT2D eigenvalue weighted by atomic mass is 10.2. The summed E-state index contributed by atoms with van der Waals surface area (Å²) in [5.74, 6) is 1.40. The van der Waals surface area contributed by atoms with Crippen molar-refractivity contribution in [1.82, 2.24) is 9.97 Å². The van der Waals surface area contributed by atoms with Gasteiger partial charge >= 0.3 is 0 Å². The van der Waals surface area contributed by atoms with E-state index < -0.39 is 0 Å². The maximum absolute atomic E-state index is 12.5. The van der Waals surface area contributed by atoms with Crippen LogP contribution in [0.2, 0.25) is 0 Å². The van der Waals surface area contributed by atoms with Crippen molar-refractivity contribution in [1.29, 1.82) is 0 Å². The van der Waals surface area contributed by atoms with Gasteiger partial charge in [0.25, 0.3) is 5.78 Å². The Morgan fingerprint density at radius 1 is 0.625 bits per heavy atom. The molecule has 0 atom stereocenters. The highest BCUT2D eigenvalue weighted by Crippen LogP contribution is 2.26. The lowest BCUT2D eigenvalue weighted by Gasteiger charge is -1.97. The molecular formula is C19H12N2O3. The molecule has 5 heteroatoms. The minimum atomic E-state index is -0.296. The van der Waals surface area contributed by atoms with E-state index in [0.29, 0.717) is 11.5 Å². The fourth-order valence-electron chi connectivity index (χ4n) is 2.38. The first-order chi connectivity index (χ1) is 11.8. The van der Waals surface area contributed by atoms with Crippen molar-refractivity contribution in [3.63, 3.8) is 0 Å². The second-order valence-corrected chi connectivity index (χ2v) is 5.13. The van der Waals surface area contributed by atoms with Gasteiger partial charge in [-0.15, -0.1) is 0 Å². The van der Waals surface area contributed by atoms with E-state index >= 15 is 0 Å². The number of furan rings is 2. The molecule has 116 valence electrons. The van der Waals surface area contributed by atoms with E-state index in [0.717, 1.165) is 11.1 Å². The molecule has 4 aromatic heterocycles. The molecule has 0 aliphatic heterocycles. The lowest BCUT2D eigenvalue weighted by molar-refractivity contribution is 0.0985. The highest BCUT2D eigenvalue weighted by molar-refractivity contribution is 6.05. The summed E-state index contributed by atoms with van der Waals surface area (Å²) in [4.78, 5) is 20.5. The van der Waals surface area contributed by atoms with Crippen molar-refractivity contribution < 1.29 is 13.6 Å². The van der Waals surface area contributed by atoms with E-state index in [2.05, 4.69) is 9.97 Å². The molecule has 24 heavy (non-hydrogen) atoms. The molecule has 0 aliphatic carbocycles. The van der Waals surface area contributed by atoms with Crippen LogP contribution in [0.1, 0.15) is 16.3 Å². The molecule has 0 spiro atoms. The van der Waals surface area contributed by atoms with Crippen LogP contribution in [-0.2, 0) is 0 Å². The summed E-state index contributed by atoms with van der Waals surface area (Å²) >= 11 is 0. The predicted molar refractivity (Wildman–Crippen MR) is 87.3 cm³/mol. The van der Waals surface area contributed by atoms with Crippen molar-refractivity contribution in [2.24, 2.45) is 0 Å². The van der Waals surface area contributed by atoms with Crippen LogP contribution in [0.5, 0.6) is 0 Å². The van der Waals surface area contributed by atoms with Gasteiger partial charge < -0.3 is 8.83 Å². The summed E-state index contributed by atoms with van der Waals surface area (Å²) < 4.78 is 11.3. The molecule has 4 aromatic rings. The van der Waals surface area contributed by atoms with Crippen LogP contribution in [0.15, 0.2) is 82.2 Å². The topological polar surface area (TPSA) is 69.1 Å². The minimum absolute atomic E-state index is 0.234. The number of hydrogen-bond acceptors (Lipinski definition) is 5. The Labute approximate surface area is 137 Å². The second kappa shape index (κ2) is 5.96. The van der Waals surface area contributed by atoms with E-state index in [1.54, 1.807) is 49.1 Å². The second-order valence-electron chi connectivity index (χ2n) is 5.13. The van der Waals surface area contributed by atoms with Gasteiger partial charge in [-0.25, -0.2) is 0 Å². The van der Waals surface area contributed by atoms with Gasteiger partial charge in [0.05, 0.1) is 0 Å². The number of carbonyl (C=O) groups excluding carboxylic acids is 1. The smallest absolute Gasteiger partial charge is 0.263 e. The predicted octanol–water partition coefficient (Wildman–Crippen LogP) is 4.23. The summed E-state index contributed by atoms with van der Waals surface area (Å²) in [5.41, 5.74) is 1.72.